The molecule has 16 heavy (non-hydrogen) atoms. The molecule has 3 nitrogen and oxygen atoms in total. The van der Waals surface area contributed by atoms with Crippen molar-refractivity contribution in [2.24, 2.45) is 5.92 Å². The third-order valence-corrected chi connectivity index (χ3v) is 3.37. The number of aliphatic hydroxyl groups is 1. The van der Waals surface area contributed by atoms with Crippen LogP contribution in [-0.4, -0.2) is 20.5 Å². The Morgan fingerprint density at radius 1 is 1.38 bits per heavy atom. The molecule has 1 aromatic heterocycles. The maximum Gasteiger partial charge on any atom is 0.0723 e. The number of aromatic nitrogens is 2. The van der Waals surface area contributed by atoms with Crippen LogP contribution in [0.4, 0.5) is 0 Å². The minimum atomic E-state index is -0.629. The van der Waals surface area contributed by atoms with Crippen molar-refractivity contribution in [3.8, 4) is 0 Å². The van der Waals surface area contributed by atoms with Crippen molar-refractivity contribution in [3.63, 3.8) is 0 Å². The van der Waals surface area contributed by atoms with Crippen LogP contribution >= 0.6 is 0 Å². The monoisotopic (exact) mass is 224 g/mol. The second-order valence-electron chi connectivity index (χ2n) is 5.17. The average molecular weight is 224 g/mol. The Balaban J connectivity index is 2.78. The van der Waals surface area contributed by atoms with Gasteiger partial charge in [-0.1, -0.05) is 20.8 Å². The SMILES string of the molecule is CCC(O)(Cc1ccn(C(C)C)n1)C(C)C. The number of nitrogens with zero attached hydrogens (tertiary/aromatic N) is 2. The van der Waals surface area contributed by atoms with Crippen molar-refractivity contribution in [1.29, 1.82) is 0 Å². The van der Waals surface area contributed by atoms with Crippen molar-refractivity contribution in [2.75, 3.05) is 0 Å². The second kappa shape index (κ2) is 5.00. The molecular formula is C13H24N2O. The summed E-state index contributed by atoms with van der Waals surface area (Å²) < 4.78 is 1.94. The molecule has 92 valence electrons. The summed E-state index contributed by atoms with van der Waals surface area (Å²) in [4.78, 5) is 0. The first-order valence-electron chi connectivity index (χ1n) is 6.15. The standard InChI is InChI=1S/C13H24N2O/c1-6-13(16,10(2)3)9-12-7-8-15(14-12)11(4)5/h7-8,10-11,16H,6,9H2,1-5H3. The van der Waals surface area contributed by atoms with E-state index >= 15 is 0 Å². The Labute approximate surface area is 98.5 Å². The van der Waals surface area contributed by atoms with Crippen molar-refractivity contribution in [1.82, 2.24) is 9.78 Å². The van der Waals surface area contributed by atoms with Crippen LogP contribution in [0.5, 0.6) is 0 Å². The molecule has 1 heterocycles. The average Bonchev–Trinajstić information content (AvgIpc) is 2.65. The van der Waals surface area contributed by atoms with Gasteiger partial charge in [-0.25, -0.2) is 0 Å². The van der Waals surface area contributed by atoms with Crippen molar-refractivity contribution < 1.29 is 5.11 Å². The van der Waals surface area contributed by atoms with Gasteiger partial charge in [0.1, 0.15) is 0 Å². The van der Waals surface area contributed by atoms with Gasteiger partial charge in [0.05, 0.1) is 11.3 Å². The van der Waals surface area contributed by atoms with Gasteiger partial charge in [0.2, 0.25) is 0 Å². The second-order valence-corrected chi connectivity index (χ2v) is 5.17. The van der Waals surface area contributed by atoms with Crippen LogP contribution in [0.1, 0.15) is 52.8 Å². The topological polar surface area (TPSA) is 38.0 Å². The largest absolute Gasteiger partial charge is 0.389 e. The van der Waals surface area contributed by atoms with E-state index < -0.39 is 5.60 Å². The van der Waals surface area contributed by atoms with Gasteiger partial charge in [0, 0.05) is 18.7 Å². The van der Waals surface area contributed by atoms with E-state index in [1.807, 2.05) is 23.9 Å². The highest BCUT2D eigenvalue weighted by Gasteiger charge is 2.29. The third-order valence-electron chi connectivity index (χ3n) is 3.37. The van der Waals surface area contributed by atoms with Crippen molar-refractivity contribution in [2.45, 2.75) is 59.1 Å². The van der Waals surface area contributed by atoms with E-state index in [4.69, 9.17) is 0 Å². The van der Waals surface area contributed by atoms with E-state index in [-0.39, 0.29) is 5.92 Å². The number of hydrogen-bond acceptors (Lipinski definition) is 2. The van der Waals surface area contributed by atoms with Gasteiger partial charge in [0.25, 0.3) is 0 Å². The van der Waals surface area contributed by atoms with Gasteiger partial charge in [-0.3, -0.25) is 4.68 Å². The molecular weight excluding hydrogens is 200 g/mol. The Bertz CT molecular complexity index is 330. The fourth-order valence-electron chi connectivity index (χ4n) is 1.81. The predicted molar refractivity (Wildman–Crippen MR) is 66.4 cm³/mol. The summed E-state index contributed by atoms with van der Waals surface area (Å²) in [5, 5.41) is 14.9. The number of hydrogen-bond donors (Lipinski definition) is 1. The molecule has 1 rings (SSSR count). The summed E-state index contributed by atoms with van der Waals surface area (Å²) in [5.74, 6) is 0.252. The van der Waals surface area contributed by atoms with Crippen LogP contribution in [0.25, 0.3) is 0 Å². The minimum Gasteiger partial charge on any atom is -0.389 e. The maximum absolute atomic E-state index is 10.4. The summed E-state index contributed by atoms with van der Waals surface area (Å²) >= 11 is 0. The molecule has 0 amide bonds. The van der Waals surface area contributed by atoms with Crippen LogP contribution in [0, 0.1) is 5.92 Å². The fourth-order valence-corrected chi connectivity index (χ4v) is 1.81. The first-order valence-corrected chi connectivity index (χ1v) is 6.15. The lowest BCUT2D eigenvalue weighted by Crippen LogP contribution is -2.36. The number of rotatable bonds is 5. The predicted octanol–water partition coefficient (Wildman–Crippen LogP) is 2.80. The molecule has 3 heteroatoms. The molecule has 0 spiro atoms. The molecule has 1 unspecified atom stereocenters. The zero-order valence-electron chi connectivity index (χ0n) is 11.1. The van der Waals surface area contributed by atoms with Gasteiger partial charge in [-0.2, -0.15) is 5.10 Å². The molecule has 0 aliphatic carbocycles. The highest BCUT2D eigenvalue weighted by atomic mass is 16.3. The van der Waals surface area contributed by atoms with Gasteiger partial charge >= 0.3 is 0 Å². The van der Waals surface area contributed by atoms with Crippen LogP contribution < -0.4 is 0 Å². The molecule has 0 radical (unpaired) electrons. The molecule has 1 aromatic rings. The lowest BCUT2D eigenvalue weighted by Gasteiger charge is -2.30. The van der Waals surface area contributed by atoms with Crippen LogP contribution in [0.2, 0.25) is 0 Å². The van der Waals surface area contributed by atoms with Gasteiger partial charge in [-0.05, 0) is 32.3 Å². The van der Waals surface area contributed by atoms with E-state index in [1.165, 1.54) is 0 Å². The first kappa shape index (κ1) is 13.2. The van der Waals surface area contributed by atoms with Crippen molar-refractivity contribution >= 4 is 0 Å². The highest BCUT2D eigenvalue weighted by molar-refractivity contribution is 5.05. The van der Waals surface area contributed by atoms with Crippen LogP contribution in [0.3, 0.4) is 0 Å². The van der Waals surface area contributed by atoms with E-state index in [0.29, 0.717) is 12.5 Å². The molecule has 0 saturated heterocycles. The first-order chi connectivity index (χ1) is 7.39. The molecule has 0 saturated carbocycles. The lowest BCUT2D eigenvalue weighted by atomic mass is 9.84. The van der Waals surface area contributed by atoms with Gasteiger partial charge < -0.3 is 5.11 Å². The highest BCUT2D eigenvalue weighted by Crippen LogP contribution is 2.25. The van der Waals surface area contributed by atoms with Gasteiger partial charge in [0.15, 0.2) is 0 Å². The minimum absolute atomic E-state index is 0.252. The van der Waals surface area contributed by atoms with Crippen molar-refractivity contribution in [3.05, 3.63) is 18.0 Å². The third kappa shape index (κ3) is 2.85. The lowest BCUT2D eigenvalue weighted by molar-refractivity contribution is -0.00924. The zero-order valence-corrected chi connectivity index (χ0v) is 11.1. The van der Waals surface area contributed by atoms with Gasteiger partial charge in [-0.15, -0.1) is 0 Å². The smallest absolute Gasteiger partial charge is 0.0723 e. The molecule has 0 bridgehead atoms. The Morgan fingerprint density at radius 3 is 2.38 bits per heavy atom. The molecule has 0 aliphatic heterocycles. The summed E-state index contributed by atoms with van der Waals surface area (Å²) in [6.45, 7) is 10.3. The maximum atomic E-state index is 10.4. The summed E-state index contributed by atoms with van der Waals surface area (Å²) in [6.07, 6.45) is 3.39. The molecule has 0 fully saturated rings. The summed E-state index contributed by atoms with van der Waals surface area (Å²) in [6, 6.07) is 2.38. The van der Waals surface area contributed by atoms with E-state index in [0.717, 1.165) is 12.1 Å². The van der Waals surface area contributed by atoms with E-state index in [2.05, 4.69) is 32.8 Å². The van der Waals surface area contributed by atoms with E-state index in [1.54, 1.807) is 0 Å². The Kier molecular flexibility index (Phi) is 4.14. The quantitative estimate of drug-likeness (QED) is 0.835. The fraction of sp³-hybridized carbons (Fsp3) is 0.769. The Hall–Kier alpha value is -0.830. The summed E-state index contributed by atoms with van der Waals surface area (Å²) in [7, 11) is 0. The summed E-state index contributed by atoms with van der Waals surface area (Å²) in [5.41, 5.74) is 0.350. The molecule has 1 N–H and O–H groups in total. The molecule has 1 atom stereocenters. The van der Waals surface area contributed by atoms with E-state index in [9.17, 15) is 5.11 Å². The zero-order chi connectivity index (χ0) is 12.3. The normalized spacial score (nSPS) is 15.8. The van der Waals surface area contributed by atoms with Crippen LogP contribution in [-0.2, 0) is 6.42 Å². The molecule has 0 aromatic carbocycles. The van der Waals surface area contributed by atoms with Crippen LogP contribution in [0.15, 0.2) is 12.3 Å². The molecule has 0 aliphatic rings. The Morgan fingerprint density at radius 2 is 2.00 bits per heavy atom.